The summed E-state index contributed by atoms with van der Waals surface area (Å²) in [7, 11) is 2.09. The fraction of sp³-hybridized carbons (Fsp3) is 0.350. The summed E-state index contributed by atoms with van der Waals surface area (Å²) in [5, 5.41) is 10.8. The molecule has 2 aromatic heterocycles. The molecule has 5 heteroatoms. The Balaban J connectivity index is 1.74. The van der Waals surface area contributed by atoms with Crippen LogP contribution in [0.15, 0.2) is 45.7 Å². The van der Waals surface area contributed by atoms with E-state index in [1.54, 1.807) is 19.1 Å². The van der Waals surface area contributed by atoms with Gasteiger partial charge in [-0.2, -0.15) is 0 Å². The lowest BCUT2D eigenvalue weighted by Crippen LogP contribution is -3.09. The number of rotatable bonds is 3. The normalized spacial score (nSPS) is 20.4. The quantitative estimate of drug-likeness (QED) is 0.718. The Hall–Kier alpha value is -2.53. The van der Waals surface area contributed by atoms with E-state index in [0.717, 1.165) is 30.5 Å². The number of phenols is 1. The topological polar surface area (TPSA) is 59.8 Å². The summed E-state index contributed by atoms with van der Waals surface area (Å²) < 4.78 is 7.56. The first-order valence-electron chi connectivity index (χ1n) is 8.75. The van der Waals surface area contributed by atoms with Gasteiger partial charge in [0.25, 0.3) is 0 Å². The van der Waals surface area contributed by atoms with E-state index in [1.807, 2.05) is 6.07 Å². The van der Waals surface area contributed by atoms with Crippen molar-refractivity contribution in [2.75, 3.05) is 6.54 Å². The first-order valence-corrected chi connectivity index (χ1v) is 8.75. The average Bonchev–Trinajstić information content (AvgIpc) is 3.20. The smallest absolute Gasteiger partial charge is 0.336 e. The summed E-state index contributed by atoms with van der Waals surface area (Å²) in [5.74, 6) is 0.156. The molecule has 2 atom stereocenters. The first kappa shape index (κ1) is 16.0. The maximum atomic E-state index is 12.0. The molecule has 1 aromatic carbocycles. The summed E-state index contributed by atoms with van der Waals surface area (Å²) in [5.41, 5.74) is 3.09. The average molecular weight is 339 g/mol. The van der Waals surface area contributed by atoms with Gasteiger partial charge in [0, 0.05) is 48.7 Å². The summed E-state index contributed by atoms with van der Waals surface area (Å²) in [6, 6.07) is 9.85. The molecule has 4 rings (SSSR count). The lowest BCUT2D eigenvalue weighted by Gasteiger charge is -2.22. The number of aromatic nitrogens is 1. The summed E-state index contributed by atoms with van der Waals surface area (Å²) >= 11 is 0. The van der Waals surface area contributed by atoms with Crippen molar-refractivity contribution in [1.82, 2.24) is 4.57 Å². The number of nitrogens with one attached hydrogen (secondary N) is 1. The van der Waals surface area contributed by atoms with Gasteiger partial charge in [0.2, 0.25) is 0 Å². The van der Waals surface area contributed by atoms with E-state index in [1.165, 1.54) is 17.0 Å². The molecule has 1 saturated heterocycles. The van der Waals surface area contributed by atoms with Gasteiger partial charge in [0.1, 0.15) is 23.9 Å². The molecule has 130 valence electrons. The van der Waals surface area contributed by atoms with Gasteiger partial charge in [-0.1, -0.05) is 0 Å². The number of hydrogen-bond donors (Lipinski definition) is 2. The van der Waals surface area contributed by atoms with Crippen molar-refractivity contribution in [3.63, 3.8) is 0 Å². The summed E-state index contributed by atoms with van der Waals surface area (Å²) in [6.07, 6.45) is 4.43. The lowest BCUT2D eigenvalue weighted by molar-refractivity contribution is -0.932. The molecule has 1 aliphatic heterocycles. The lowest BCUT2D eigenvalue weighted by atomic mass is 10.0. The van der Waals surface area contributed by atoms with E-state index in [9.17, 15) is 9.90 Å². The van der Waals surface area contributed by atoms with Crippen molar-refractivity contribution < 1.29 is 14.4 Å². The second-order valence-corrected chi connectivity index (χ2v) is 7.00. The van der Waals surface area contributed by atoms with Gasteiger partial charge in [0.15, 0.2) is 0 Å². The molecule has 0 aliphatic carbocycles. The maximum absolute atomic E-state index is 12.0. The van der Waals surface area contributed by atoms with Gasteiger partial charge < -0.3 is 19.0 Å². The van der Waals surface area contributed by atoms with Crippen LogP contribution >= 0.6 is 0 Å². The van der Waals surface area contributed by atoms with Gasteiger partial charge in [-0.3, -0.25) is 0 Å². The van der Waals surface area contributed by atoms with E-state index < -0.39 is 0 Å². The van der Waals surface area contributed by atoms with Crippen molar-refractivity contribution in [2.24, 2.45) is 7.05 Å². The second-order valence-electron chi connectivity index (χ2n) is 7.00. The number of aryl methyl sites for hydroxylation is 2. The molecule has 3 aromatic rings. The minimum atomic E-state index is -0.356. The monoisotopic (exact) mass is 339 g/mol. The fourth-order valence-corrected chi connectivity index (χ4v) is 4.12. The Labute approximate surface area is 146 Å². The number of quaternary nitrogens is 1. The van der Waals surface area contributed by atoms with E-state index in [4.69, 9.17) is 4.42 Å². The van der Waals surface area contributed by atoms with Crippen LogP contribution in [0.25, 0.3) is 11.0 Å². The van der Waals surface area contributed by atoms with Gasteiger partial charge in [-0.25, -0.2) is 4.79 Å². The minimum Gasteiger partial charge on any atom is -0.508 e. The van der Waals surface area contributed by atoms with Crippen LogP contribution in [0.2, 0.25) is 0 Å². The van der Waals surface area contributed by atoms with Crippen LogP contribution in [-0.2, 0) is 13.6 Å². The van der Waals surface area contributed by atoms with E-state index in [-0.39, 0.29) is 11.4 Å². The molecule has 1 fully saturated rings. The highest BCUT2D eigenvalue weighted by molar-refractivity contribution is 5.84. The molecular weight excluding hydrogens is 316 g/mol. The standard InChI is InChI=1S/C20H22N2O3/c1-13-18(23)8-7-15-14(11-19(24)25-20(13)15)12-22-10-4-6-17(22)16-5-3-9-21(16)2/h3,5,7-9,11,17,23H,4,6,10,12H2,1-2H3/p+1/t17-/m1/s1. The molecule has 2 N–H and O–H groups in total. The van der Waals surface area contributed by atoms with Crippen LogP contribution in [-0.4, -0.2) is 16.2 Å². The summed E-state index contributed by atoms with van der Waals surface area (Å²) in [4.78, 5) is 13.5. The number of phenolic OH excluding ortho intramolecular Hbond substituents is 1. The first-order chi connectivity index (χ1) is 12.0. The number of likely N-dealkylation sites (tertiary alicyclic amines) is 1. The zero-order chi connectivity index (χ0) is 17.6. The Bertz CT molecular complexity index is 986. The Kier molecular flexibility index (Phi) is 3.88. The van der Waals surface area contributed by atoms with Crippen LogP contribution in [0, 0.1) is 6.92 Å². The van der Waals surface area contributed by atoms with Crippen molar-refractivity contribution in [3.05, 3.63) is 63.8 Å². The van der Waals surface area contributed by atoms with E-state index in [2.05, 4.69) is 29.9 Å². The number of benzene rings is 1. The number of nitrogens with zero attached hydrogens (tertiary/aromatic N) is 1. The highest BCUT2D eigenvalue weighted by Gasteiger charge is 2.32. The predicted octanol–water partition coefficient (Wildman–Crippen LogP) is 2.07. The van der Waals surface area contributed by atoms with E-state index in [0.29, 0.717) is 17.2 Å². The third kappa shape index (κ3) is 2.74. The Morgan fingerprint density at radius 3 is 2.96 bits per heavy atom. The van der Waals surface area contributed by atoms with Gasteiger partial charge in [-0.05, 0) is 31.2 Å². The van der Waals surface area contributed by atoms with Crippen molar-refractivity contribution in [2.45, 2.75) is 32.4 Å². The fourth-order valence-electron chi connectivity index (χ4n) is 4.12. The van der Waals surface area contributed by atoms with Crippen LogP contribution in [0.5, 0.6) is 5.75 Å². The molecule has 0 bridgehead atoms. The van der Waals surface area contributed by atoms with Gasteiger partial charge >= 0.3 is 5.63 Å². The Morgan fingerprint density at radius 1 is 1.36 bits per heavy atom. The van der Waals surface area contributed by atoms with Crippen molar-refractivity contribution in [1.29, 1.82) is 0 Å². The van der Waals surface area contributed by atoms with Gasteiger partial charge in [-0.15, -0.1) is 0 Å². The molecule has 1 aliphatic rings. The zero-order valence-electron chi connectivity index (χ0n) is 14.6. The second kappa shape index (κ2) is 6.08. The third-order valence-electron chi connectivity index (χ3n) is 5.46. The van der Waals surface area contributed by atoms with Crippen LogP contribution in [0.1, 0.15) is 35.7 Å². The van der Waals surface area contributed by atoms with Crippen LogP contribution in [0.3, 0.4) is 0 Å². The SMILES string of the molecule is Cc1c(O)ccc2c(C[NH+]3CCC[C@@H]3c3cccn3C)cc(=O)oc12. The van der Waals surface area contributed by atoms with Crippen molar-refractivity contribution >= 4 is 11.0 Å². The molecule has 0 amide bonds. The predicted molar refractivity (Wildman–Crippen MR) is 95.8 cm³/mol. The highest BCUT2D eigenvalue weighted by atomic mass is 16.4. The number of hydrogen-bond acceptors (Lipinski definition) is 3. The zero-order valence-corrected chi connectivity index (χ0v) is 14.6. The Morgan fingerprint density at radius 2 is 2.20 bits per heavy atom. The van der Waals surface area contributed by atoms with Gasteiger partial charge in [0.05, 0.1) is 12.2 Å². The maximum Gasteiger partial charge on any atom is 0.336 e. The van der Waals surface area contributed by atoms with Crippen LogP contribution < -0.4 is 10.5 Å². The minimum absolute atomic E-state index is 0.156. The highest BCUT2D eigenvalue weighted by Crippen LogP contribution is 2.27. The van der Waals surface area contributed by atoms with E-state index >= 15 is 0 Å². The molecule has 5 nitrogen and oxygen atoms in total. The summed E-state index contributed by atoms with van der Waals surface area (Å²) in [6.45, 7) is 3.65. The molecule has 0 radical (unpaired) electrons. The number of fused-ring (bicyclic) bond motifs is 1. The van der Waals surface area contributed by atoms with Crippen molar-refractivity contribution in [3.8, 4) is 5.75 Å². The molecule has 0 saturated carbocycles. The number of aromatic hydroxyl groups is 1. The molecule has 0 spiro atoms. The van der Waals surface area contributed by atoms with Crippen LogP contribution in [0.4, 0.5) is 0 Å². The molecule has 25 heavy (non-hydrogen) atoms. The molecule has 3 heterocycles. The molecular formula is C20H23N2O3+. The molecule has 1 unspecified atom stereocenters. The largest absolute Gasteiger partial charge is 0.508 e. The third-order valence-corrected chi connectivity index (χ3v) is 5.46.